The van der Waals surface area contributed by atoms with Gasteiger partial charge in [0.2, 0.25) is 0 Å². The van der Waals surface area contributed by atoms with Crippen LogP contribution in [0.3, 0.4) is 0 Å². The Hall–Kier alpha value is -2.14. The van der Waals surface area contributed by atoms with Crippen molar-refractivity contribution < 1.29 is 9.90 Å². The average molecular weight is 340 g/mol. The van der Waals surface area contributed by atoms with E-state index < -0.39 is 5.54 Å². The highest BCUT2D eigenvalue weighted by atomic mass is 32.1. The van der Waals surface area contributed by atoms with Crippen LogP contribution in [0.5, 0.6) is 0 Å². The third-order valence-electron chi connectivity index (χ3n) is 5.03. The molecule has 5 heteroatoms. The highest BCUT2D eigenvalue weighted by molar-refractivity contribution is 7.15. The second kappa shape index (κ2) is 5.74. The van der Waals surface area contributed by atoms with E-state index in [-0.39, 0.29) is 11.7 Å². The summed E-state index contributed by atoms with van der Waals surface area (Å²) in [5, 5.41) is 14.8. The Morgan fingerprint density at radius 3 is 2.58 bits per heavy atom. The van der Waals surface area contributed by atoms with Crippen LogP contribution in [0.2, 0.25) is 0 Å². The number of amides is 1. The Morgan fingerprint density at radius 1 is 1.17 bits per heavy atom. The topological polar surface area (TPSA) is 62.2 Å². The van der Waals surface area contributed by atoms with Crippen molar-refractivity contribution >= 4 is 22.8 Å². The van der Waals surface area contributed by atoms with Gasteiger partial charge < -0.3 is 10.4 Å². The Kier molecular flexibility index (Phi) is 3.68. The molecule has 4 rings (SSSR count). The van der Waals surface area contributed by atoms with Gasteiger partial charge in [-0.15, -0.1) is 11.3 Å². The first kappa shape index (κ1) is 15.4. The lowest BCUT2D eigenvalue weighted by atomic mass is 9.81. The number of aromatic nitrogens is 1. The molecule has 1 amide bonds. The standard InChI is InChI=1S/C19H20N2O2S/c1-12-15(20-18(24-12)13-8-4-2-5-9-13)14-16(22)19(21-17(14)23)10-6-3-7-11-19/h2,4-5,8-9,22H,3,6-7,10-11H2,1H3,(H,21,23). The van der Waals surface area contributed by atoms with Gasteiger partial charge in [0, 0.05) is 10.4 Å². The number of aliphatic hydroxyl groups excluding tert-OH is 1. The molecule has 1 spiro atoms. The number of nitrogens with one attached hydrogen (secondary N) is 1. The van der Waals surface area contributed by atoms with Crippen molar-refractivity contribution in [3.63, 3.8) is 0 Å². The molecule has 2 N–H and O–H groups in total. The van der Waals surface area contributed by atoms with Crippen molar-refractivity contribution in [2.75, 3.05) is 0 Å². The Labute approximate surface area is 145 Å². The quantitative estimate of drug-likeness (QED) is 0.860. The minimum absolute atomic E-state index is 0.192. The van der Waals surface area contributed by atoms with Crippen LogP contribution in [0.4, 0.5) is 0 Å². The number of hydrogen-bond donors (Lipinski definition) is 2. The van der Waals surface area contributed by atoms with Crippen molar-refractivity contribution in [2.45, 2.75) is 44.6 Å². The molecule has 24 heavy (non-hydrogen) atoms. The molecule has 1 aliphatic carbocycles. The van der Waals surface area contributed by atoms with Gasteiger partial charge in [-0.05, 0) is 19.8 Å². The summed E-state index contributed by atoms with van der Waals surface area (Å²) in [6, 6.07) is 9.93. The SMILES string of the molecule is Cc1sc(-c2ccccc2)nc1C1=C(O)C2(CCCCC2)NC1=O. The van der Waals surface area contributed by atoms with Crippen LogP contribution in [0, 0.1) is 6.92 Å². The highest BCUT2D eigenvalue weighted by Gasteiger charge is 2.47. The molecule has 2 heterocycles. The number of rotatable bonds is 2. The molecule has 124 valence electrons. The highest BCUT2D eigenvalue weighted by Crippen LogP contribution is 2.42. The second-order valence-electron chi connectivity index (χ2n) is 6.61. The van der Waals surface area contributed by atoms with Crippen molar-refractivity contribution in [1.29, 1.82) is 0 Å². The fourth-order valence-electron chi connectivity index (χ4n) is 3.76. The fourth-order valence-corrected chi connectivity index (χ4v) is 4.68. The summed E-state index contributed by atoms with van der Waals surface area (Å²) in [6.45, 7) is 1.96. The van der Waals surface area contributed by atoms with Gasteiger partial charge in [0.05, 0.1) is 11.2 Å². The molecule has 2 aliphatic rings. The van der Waals surface area contributed by atoms with Gasteiger partial charge in [0.15, 0.2) is 0 Å². The molecule has 2 aromatic rings. The molecule has 4 nitrogen and oxygen atoms in total. The van der Waals surface area contributed by atoms with Crippen LogP contribution in [-0.4, -0.2) is 21.5 Å². The molecule has 0 bridgehead atoms. The minimum Gasteiger partial charge on any atom is -0.509 e. The molecule has 1 aliphatic heterocycles. The van der Waals surface area contributed by atoms with Gasteiger partial charge in [0.1, 0.15) is 16.3 Å². The van der Waals surface area contributed by atoms with Crippen LogP contribution in [0.25, 0.3) is 16.1 Å². The van der Waals surface area contributed by atoms with Gasteiger partial charge >= 0.3 is 0 Å². The summed E-state index contributed by atoms with van der Waals surface area (Å²) in [5.41, 5.74) is 1.46. The summed E-state index contributed by atoms with van der Waals surface area (Å²) in [6.07, 6.45) is 4.84. The van der Waals surface area contributed by atoms with E-state index in [4.69, 9.17) is 0 Å². The summed E-state index contributed by atoms with van der Waals surface area (Å²) in [5.74, 6) is 0.00243. The second-order valence-corrected chi connectivity index (χ2v) is 7.81. The molecule has 1 saturated carbocycles. The van der Waals surface area contributed by atoms with Crippen LogP contribution < -0.4 is 5.32 Å². The van der Waals surface area contributed by atoms with E-state index in [0.29, 0.717) is 11.3 Å². The summed E-state index contributed by atoms with van der Waals surface area (Å²) >= 11 is 1.56. The number of benzene rings is 1. The Morgan fingerprint density at radius 2 is 1.88 bits per heavy atom. The average Bonchev–Trinajstić information content (AvgIpc) is 3.08. The van der Waals surface area contributed by atoms with E-state index >= 15 is 0 Å². The lowest BCUT2D eigenvalue weighted by Gasteiger charge is -2.33. The predicted molar refractivity (Wildman–Crippen MR) is 95.8 cm³/mol. The number of carbonyl (C=O) groups excluding carboxylic acids is 1. The van der Waals surface area contributed by atoms with Gasteiger partial charge in [-0.1, -0.05) is 49.6 Å². The minimum atomic E-state index is -0.562. The van der Waals surface area contributed by atoms with E-state index in [1.165, 1.54) is 0 Å². The zero-order chi connectivity index (χ0) is 16.7. The first-order valence-corrected chi connectivity index (χ1v) is 9.22. The molecular formula is C19H20N2O2S. The van der Waals surface area contributed by atoms with E-state index in [1.807, 2.05) is 37.3 Å². The van der Waals surface area contributed by atoms with Crippen molar-refractivity contribution in [3.8, 4) is 10.6 Å². The summed E-state index contributed by atoms with van der Waals surface area (Å²) < 4.78 is 0. The number of aryl methyl sites for hydroxylation is 1. The van der Waals surface area contributed by atoms with Crippen LogP contribution in [0.1, 0.15) is 42.7 Å². The van der Waals surface area contributed by atoms with Gasteiger partial charge in [-0.3, -0.25) is 4.79 Å². The van der Waals surface area contributed by atoms with Crippen molar-refractivity contribution in [3.05, 3.63) is 46.7 Å². The Bertz CT molecular complexity index is 817. The molecule has 0 atom stereocenters. The third kappa shape index (κ3) is 2.35. The van der Waals surface area contributed by atoms with Crippen molar-refractivity contribution in [2.24, 2.45) is 0 Å². The molecule has 0 unspecified atom stereocenters. The maximum Gasteiger partial charge on any atom is 0.257 e. The smallest absolute Gasteiger partial charge is 0.257 e. The zero-order valence-corrected chi connectivity index (χ0v) is 14.4. The molecular weight excluding hydrogens is 320 g/mol. The lowest BCUT2D eigenvalue weighted by molar-refractivity contribution is -0.116. The zero-order valence-electron chi connectivity index (χ0n) is 13.6. The first-order valence-electron chi connectivity index (χ1n) is 8.40. The number of nitrogens with zero attached hydrogens (tertiary/aromatic N) is 1. The van der Waals surface area contributed by atoms with E-state index in [1.54, 1.807) is 11.3 Å². The fraction of sp³-hybridized carbons (Fsp3) is 0.368. The molecule has 1 aromatic heterocycles. The van der Waals surface area contributed by atoms with Gasteiger partial charge in [-0.2, -0.15) is 0 Å². The van der Waals surface area contributed by atoms with Gasteiger partial charge in [0.25, 0.3) is 5.91 Å². The molecule has 0 saturated heterocycles. The monoisotopic (exact) mass is 340 g/mol. The largest absolute Gasteiger partial charge is 0.509 e. The maximum atomic E-state index is 12.6. The lowest BCUT2D eigenvalue weighted by Crippen LogP contribution is -2.46. The number of aliphatic hydroxyl groups is 1. The number of hydrogen-bond acceptors (Lipinski definition) is 4. The van der Waals surface area contributed by atoms with Crippen LogP contribution in [-0.2, 0) is 4.79 Å². The summed E-state index contributed by atoms with van der Waals surface area (Å²) in [7, 11) is 0. The first-order chi connectivity index (χ1) is 11.6. The maximum absolute atomic E-state index is 12.6. The van der Waals surface area contributed by atoms with Gasteiger partial charge in [-0.25, -0.2) is 4.98 Å². The van der Waals surface area contributed by atoms with Crippen LogP contribution in [0.15, 0.2) is 36.1 Å². The molecule has 1 aromatic carbocycles. The Balaban J connectivity index is 1.78. The number of carbonyl (C=O) groups is 1. The number of thiazole rings is 1. The molecule has 0 radical (unpaired) electrons. The third-order valence-corrected chi connectivity index (χ3v) is 6.05. The van der Waals surface area contributed by atoms with Crippen molar-refractivity contribution in [1.82, 2.24) is 10.3 Å². The molecule has 1 fully saturated rings. The normalized spacial score (nSPS) is 19.8. The van der Waals surface area contributed by atoms with E-state index in [0.717, 1.165) is 47.6 Å². The van der Waals surface area contributed by atoms with Crippen LogP contribution >= 0.6 is 11.3 Å². The predicted octanol–water partition coefficient (Wildman–Crippen LogP) is 4.22. The summed E-state index contributed by atoms with van der Waals surface area (Å²) in [4.78, 5) is 18.2. The van der Waals surface area contributed by atoms with E-state index in [9.17, 15) is 9.90 Å². The van der Waals surface area contributed by atoms with E-state index in [2.05, 4.69) is 10.3 Å².